The molecule has 0 fully saturated rings. The number of H-pyrrole nitrogens is 1. The third-order valence-electron chi connectivity index (χ3n) is 4.44. The van der Waals surface area contributed by atoms with Gasteiger partial charge in [0, 0.05) is 22.7 Å². The molecule has 0 aliphatic carbocycles. The van der Waals surface area contributed by atoms with Crippen LogP contribution in [0, 0.1) is 4.77 Å². The molecule has 4 aromatic rings. The summed E-state index contributed by atoms with van der Waals surface area (Å²) in [6.07, 6.45) is 3.76. The number of benzene rings is 2. The van der Waals surface area contributed by atoms with Crippen LogP contribution in [0.4, 0.5) is 0 Å². The minimum atomic E-state index is -0.193. The van der Waals surface area contributed by atoms with E-state index in [0.717, 1.165) is 28.3 Å². The summed E-state index contributed by atoms with van der Waals surface area (Å²) in [7, 11) is 0. The maximum atomic E-state index is 5.38. The third-order valence-corrected chi connectivity index (χ3v) is 4.71. The van der Waals surface area contributed by atoms with E-state index < -0.39 is 0 Å². The van der Waals surface area contributed by atoms with Crippen molar-refractivity contribution in [2.24, 2.45) is 5.10 Å². The summed E-state index contributed by atoms with van der Waals surface area (Å²) in [5, 5.41) is 16.6. The SMILES string of the molecule is CC(C)(C)c1n[nH]c(=S)n1/N=C\c1cn(-c2ccccc2)nc1-c1ccccc1. The van der Waals surface area contributed by atoms with Crippen molar-refractivity contribution in [3.63, 3.8) is 0 Å². The average molecular weight is 403 g/mol. The van der Waals surface area contributed by atoms with Gasteiger partial charge in [-0.05, 0) is 24.4 Å². The summed E-state index contributed by atoms with van der Waals surface area (Å²) in [6, 6.07) is 20.1. The number of hydrogen-bond acceptors (Lipinski definition) is 4. The number of hydrogen-bond donors (Lipinski definition) is 1. The zero-order valence-corrected chi connectivity index (χ0v) is 17.4. The molecule has 0 atom stereocenters. The van der Waals surface area contributed by atoms with Crippen LogP contribution < -0.4 is 0 Å². The zero-order chi connectivity index (χ0) is 20.4. The van der Waals surface area contributed by atoms with Crippen LogP contribution in [0.5, 0.6) is 0 Å². The van der Waals surface area contributed by atoms with E-state index in [1.54, 1.807) is 10.9 Å². The molecule has 29 heavy (non-hydrogen) atoms. The Labute approximate surface area is 174 Å². The molecule has 2 aromatic heterocycles. The highest BCUT2D eigenvalue weighted by Crippen LogP contribution is 2.23. The third kappa shape index (κ3) is 3.95. The summed E-state index contributed by atoms with van der Waals surface area (Å²) in [5.41, 5.74) is 3.56. The Kier molecular flexibility index (Phi) is 4.98. The lowest BCUT2D eigenvalue weighted by atomic mass is 9.96. The maximum absolute atomic E-state index is 5.38. The molecule has 7 heteroatoms. The van der Waals surface area contributed by atoms with Crippen LogP contribution in [0.25, 0.3) is 16.9 Å². The van der Waals surface area contributed by atoms with Gasteiger partial charge < -0.3 is 0 Å². The predicted octanol–water partition coefficient (Wildman–Crippen LogP) is 4.97. The van der Waals surface area contributed by atoms with Gasteiger partial charge in [0.05, 0.1) is 11.9 Å². The van der Waals surface area contributed by atoms with E-state index in [1.807, 2.05) is 71.5 Å². The molecule has 0 bridgehead atoms. The second-order valence-electron chi connectivity index (χ2n) is 7.74. The summed E-state index contributed by atoms with van der Waals surface area (Å²) < 4.78 is 4.00. The van der Waals surface area contributed by atoms with E-state index in [4.69, 9.17) is 17.3 Å². The highest BCUT2D eigenvalue weighted by Gasteiger charge is 2.21. The first-order valence-electron chi connectivity index (χ1n) is 9.36. The summed E-state index contributed by atoms with van der Waals surface area (Å²) in [6.45, 7) is 6.23. The number of rotatable bonds is 4. The monoisotopic (exact) mass is 402 g/mol. The minimum Gasteiger partial charge on any atom is -0.250 e. The lowest BCUT2D eigenvalue weighted by Gasteiger charge is -2.15. The first-order chi connectivity index (χ1) is 13.9. The quantitative estimate of drug-likeness (QED) is 0.387. The summed E-state index contributed by atoms with van der Waals surface area (Å²) >= 11 is 5.38. The number of para-hydroxylation sites is 1. The Morgan fingerprint density at radius 3 is 2.31 bits per heavy atom. The van der Waals surface area contributed by atoms with Gasteiger partial charge in [0.2, 0.25) is 4.77 Å². The number of aromatic nitrogens is 5. The van der Waals surface area contributed by atoms with Gasteiger partial charge in [0.15, 0.2) is 5.82 Å². The smallest absolute Gasteiger partial charge is 0.216 e. The van der Waals surface area contributed by atoms with Gasteiger partial charge in [-0.1, -0.05) is 69.3 Å². The van der Waals surface area contributed by atoms with Gasteiger partial charge in [-0.15, -0.1) is 0 Å². The van der Waals surface area contributed by atoms with Crippen LogP contribution in [-0.2, 0) is 5.41 Å². The van der Waals surface area contributed by atoms with Gasteiger partial charge in [-0.2, -0.15) is 20.0 Å². The van der Waals surface area contributed by atoms with E-state index >= 15 is 0 Å². The summed E-state index contributed by atoms with van der Waals surface area (Å²) in [5.74, 6) is 0.774. The van der Waals surface area contributed by atoms with Crippen molar-refractivity contribution in [1.82, 2.24) is 24.7 Å². The van der Waals surface area contributed by atoms with E-state index in [-0.39, 0.29) is 5.41 Å². The molecule has 0 spiro atoms. The molecule has 0 amide bonds. The average Bonchev–Trinajstić information content (AvgIpc) is 3.31. The lowest BCUT2D eigenvalue weighted by Crippen LogP contribution is -2.17. The van der Waals surface area contributed by atoms with Crippen molar-refractivity contribution in [3.05, 3.63) is 83.0 Å². The molecule has 1 N–H and O–H groups in total. The lowest BCUT2D eigenvalue weighted by molar-refractivity contribution is 0.516. The topological polar surface area (TPSA) is 63.8 Å². The Bertz CT molecular complexity index is 1190. The molecule has 0 saturated carbocycles. The molecule has 4 rings (SSSR count). The molecular formula is C22H22N6S. The van der Waals surface area contributed by atoms with Crippen molar-refractivity contribution in [3.8, 4) is 16.9 Å². The van der Waals surface area contributed by atoms with Crippen LogP contribution >= 0.6 is 12.2 Å². The molecule has 0 unspecified atom stereocenters. The second-order valence-corrected chi connectivity index (χ2v) is 8.12. The molecule has 2 heterocycles. The molecule has 2 aromatic carbocycles. The van der Waals surface area contributed by atoms with E-state index in [9.17, 15) is 0 Å². The first kappa shape index (κ1) is 19.0. The van der Waals surface area contributed by atoms with Gasteiger partial charge in [0.1, 0.15) is 5.69 Å². The Morgan fingerprint density at radius 1 is 1.00 bits per heavy atom. The first-order valence-corrected chi connectivity index (χ1v) is 9.77. The van der Waals surface area contributed by atoms with Crippen LogP contribution in [0.15, 0.2) is 72.0 Å². The van der Waals surface area contributed by atoms with E-state index in [2.05, 4.69) is 36.1 Å². The standard InChI is InChI=1S/C22H22N6S/c1-22(2,3)20-24-25-21(29)28(20)23-14-17-15-27(18-12-8-5-9-13-18)26-19(17)16-10-6-4-7-11-16/h4-15H,1-3H3,(H,25,29)/b23-14-. The molecule has 0 aliphatic heterocycles. The largest absolute Gasteiger partial charge is 0.250 e. The highest BCUT2D eigenvalue weighted by atomic mass is 32.1. The van der Waals surface area contributed by atoms with Gasteiger partial charge >= 0.3 is 0 Å². The van der Waals surface area contributed by atoms with Gasteiger partial charge in [-0.25, -0.2) is 4.68 Å². The fourth-order valence-electron chi connectivity index (χ4n) is 3.02. The second kappa shape index (κ2) is 7.60. The Balaban J connectivity index is 1.82. The number of nitrogens with zero attached hydrogens (tertiary/aromatic N) is 5. The van der Waals surface area contributed by atoms with Crippen molar-refractivity contribution in [1.29, 1.82) is 0 Å². The van der Waals surface area contributed by atoms with Crippen molar-refractivity contribution >= 4 is 18.4 Å². The number of aromatic amines is 1. The molecular weight excluding hydrogens is 380 g/mol. The molecule has 0 aliphatic rings. The number of nitrogens with one attached hydrogen (secondary N) is 1. The molecule has 146 valence electrons. The van der Waals surface area contributed by atoms with Crippen molar-refractivity contribution in [2.45, 2.75) is 26.2 Å². The fraction of sp³-hybridized carbons (Fsp3) is 0.182. The van der Waals surface area contributed by atoms with Gasteiger partial charge in [0.25, 0.3) is 0 Å². The minimum absolute atomic E-state index is 0.193. The Morgan fingerprint density at radius 2 is 1.66 bits per heavy atom. The zero-order valence-electron chi connectivity index (χ0n) is 16.6. The van der Waals surface area contributed by atoms with Crippen LogP contribution in [0.1, 0.15) is 32.2 Å². The fourth-order valence-corrected chi connectivity index (χ4v) is 3.20. The van der Waals surface area contributed by atoms with Crippen LogP contribution in [0.3, 0.4) is 0 Å². The molecule has 6 nitrogen and oxygen atoms in total. The van der Waals surface area contributed by atoms with Crippen LogP contribution in [-0.4, -0.2) is 30.9 Å². The van der Waals surface area contributed by atoms with Gasteiger partial charge in [-0.3, -0.25) is 5.10 Å². The maximum Gasteiger partial charge on any atom is 0.216 e. The normalized spacial score (nSPS) is 12.0. The highest BCUT2D eigenvalue weighted by molar-refractivity contribution is 7.71. The van der Waals surface area contributed by atoms with Crippen LogP contribution in [0.2, 0.25) is 0 Å². The van der Waals surface area contributed by atoms with Crippen molar-refractivity contribution < 1.29 is 0 Å². The van der Waals surface area contributed by atoms with Crippen molar-refractivity contribution in [2.75, 3.05) is 0 Å². The van der Waals surface area contributed by atoms with E-state index in [1.165, 1.54) is 0 Å². The predicted molar refractivity (Wildman–Crippen MR) is 118 cm³/mol. The Hall–Kier alpha value is -3.32. The summed E-state index contributed by atoms with van der Waals surface area (Å²) in [4.78, 5) is 0. The van der Waals surface area contributed by atoms with E-state index in [0.29, 0.717) is 4.77 Å². The molecule has 0 saturated heterocycles. The molecule has 0 radical (unpaired) electrons.